The summed E-state index contributed by atoms with van der Waals surface area (Å²) in [6.45, 7) is 2.60. The lowest BCUT2D eigenvalue weighted by atomic mass is 9.95. The number of primary amides is 1. The number of nitrogens with zero attached hydrogens (tertiary/aromatic N) is 3. The highest BCUT2D eigenvalue weighted by Crippen LogP contribution is 2.19. The number of hydrogen-bond acceptors (Lipinski definition) is 3. The fraction of sp³-hybridized carbons (Fsp3) is 0.562. The van der Waals surface area contributed by atoms with Crippen molar-refractivity contribution in [3.63, 3.8) is 0 Å². The minimum Gasteiger partial charge on any atom is -0.370 e. The standard InChI is InChI=1S/C16H25N5O.HI/c1-18-16(20-9-7-14-6-2-3-8-19-14)21-10-4-5-13(12-21)11-15(17)22;/h2-3,6,8,13H,4-5,7,9-12H2,1H3,(H2,17,22)(H,18,20);1H. The van der Waals surface area contributed by atoms with Gasteiger partial charge in [0.05, 0.1) is 0 Å². The van der Waals surface area contributed by atoms with Crippen molar-refractivity contribution >= 4 is 35.8 Å². The second-order valence-electron chi connectivity index (χ2n) is 5.67. The average Bonchev–Trinajstić information content (AvgIpc) is 2.52. The fourth-order valence-electron chi connectivity index (χ4n) is 2.89. The van der Waals surface area contributed by atoms with Gasteiger partial charge in [0.1, 0.15) is 0 Å². The Kier molecular flexibility index (Phi) is 8.90. The van der Waals surface area contributed by atoms with Crippen LogP contribution in [0.3, 0.4) is 0 Å². The van der Waals surface area contributed by atoms with Crippen molar-refractivity contribution in [2.45, 2.75) is 25.7 Å². The largest absolute Gasteiger partial charge is 0.370 e. The van der Waals surface area contributed by atoms with Crippen LogP contribution >= 0.6 is 24.0 Å². The number of likely N-dealkylation sites (tertiary alicyclic amines) is 1. The van der Waals surface area contributed by atoms with E-state index < -0.39 is 0 Å². The SMILES string of the molecule is CN=C(NCCc1ccccn1)N1CCCC(CC(N)=O)C1.I. The van der Waals surface area contributed by atoms with Crippen molar-refractivity contribution in [2.75, 3.05) is 26.7 Å². The van der Waals surface area contributed by atoms with E-state index in [2.05, 4.69) is 20.2 Å². The molecule has 1 aromatic rings. The minimum absolute atomic E-state index is 0. The summed E-state index contributed by atoms with van der Waals surface area (Å²) in [5.41, 5.74) is 6.38. The molecule has 7 heteroatoms. The van der Waals surface area contributed by atoms with Gasteiger partial charge in [0.15, 0.2) is 5.96 Å². The number of carbonyl (C=O) groups excluding carboxylic acids is 1. The third kappa shape index (κ3) is 6.72. The fourth-order valence-corrected chi connectivity index (χ4v) is 2.89. The maximum Gasteiger partial charge on any atom is 0.217 e. The van der Waals surface area contributed by atoms with Crippen molar-refractivity contribution in [1.29, 1.82) is 0 Å². The molecule has 1 aliphatic rings. The number of hydrogen-bond donors (Lipinski definition) is 2. The molecule has 1 saturated heterocycles. The van der Waals surface area contributed by atoms with Crippen LogP contribution in [-0.4, -0.2) is 48.4 Å². The summed E-state index contributed by atoms with van der Waals surface area (Å²) in [7, 11) is 1.79. The molecular formula is C16H26IN5O. The summed E-state index contributed by atoms with van der Waals surface area (Å²) < 4.78 is 0. The smallest absolute Gasteiger partial charge is 0.217 e. The molecule has 2 rings (SSSR count). The molecule has 1 aromatic heterocycles. The molecule has 128 valence electrons. The first-order valence-corrected chi connectivity index (χ1v) is 7.83. The highest BCUT2D eigenvalue weighted by atomic mass is 127. The number of rotatable bonds is 5. The third-order valence-corrected chi connectivity index (χ3v) is 3.91. The molecule has 0 saturated carbocycles. The third-order valence-electron chi connectivity index (χ3n) is 3.91. The Bertz CT molecular complexity index is 508. The van der Waals surface area contributed by atoms with Gasteiger partial charge in [-0.1, -0.05) is 6.07 Å². The van der Waals surface area contributed by atoms with Crippen LogP contribution in [0.25, 0.3) is 0 Å². The zero-order valence-electron chi connectivity index (χ0n) is 13.6. The second-order valence-corrected chi connectivity index (χ2v) is 5.67. The molecule has 1 atom stereocenters. The molecule has 1 amide bonds. The summed E-state index contributed by atoms with van der Waals surface area (Å²) >= 11 is 0. The lowest BCUT2D eigenvalue weighted by Crippen LogP contribution is -2.47. The van der Waals surface area contributed by atoms with Gasteiger partial charge < -0.3 is 16.0 Å². The van der Waals surface area contributed by atoms with Crippen LogP contribution in [0.4, 0.5) is 0 Å². The van der Waals surface area contributed by atoms with Crippen LogP contribution in [0.15, 0.2) is 29.4 Å². The Morgan fingerprint density at radius 3 is 3.00 bits per heavy atom. The molecular weight excluding hydrogens is 405 g/mol. The second kappa shape index (κ2) is 10.4. The number of nitrogens with two attached hydrogens (primary N) is 1. The number of piperidine rings is 1. The van der Waals surface area contributed by atoms with Crippen molar-refractivity contribution in [2.24, 2.45) is 16.6 Å². The van der Waals surface area contributed by atoms with E-state index in [1.54, 1.807) is 7.05 Å². The van der Waals surface area contributed by atoms with E-state index in [1.807, 2.05) is 24.4 Å². The number of carbonyl (C=O) groups is 1. The van der Waals surface area contributed by atoms with Gasteiger partial charge in [0.25, 0.3) is 0 Å². The number of pyridine rings is 1. The Morgan fingerprint density at radius 1 is 1.52 bits per heavy atom. The van der Waals surface area contributed by atoms with Crippen molar-refractivity contribution in [3.8, 4) is 0 Å². The first-order chi connectivity index (χ1) is 10.7. The van der Waals surface area contributed by atoms with Gasteiger partial charge in [-0.15, -0.1) is 24.0 Å². The van der Waals surface area contributed by atoms with Crippen LogP contribution in [0.5, 0.6) is 0 Å². The van der Waals surface area contributed by atoms with E-state index in [-0.39, 0.29) is 29.9 Å². The molecule has 23 heavy (non-hydrogen) atoms. The van der Waals surface area contributed by atoms with Crippen LogP contribution in [0.2, 0.25) is 0 Å². The van der Waals surface area contributed by atoms with Crippen LogP contribution < -0.4 is 11.1 Å². The van der Waals surface area contributed by atoms with Gasteiger partial charge >= 0.3 is 0 Å². The van der Waals surface area contributed by atoms with Gasteiger partial charge in [-0.3, -0.25) is 14.8 Å². The van der Waals surface area contributed by atoms with Gasteiger partial charge in [-0.05, 0) is 30.9 Å². The lowest BCUT2D eigenvalue weighted by Gasteiger charge is -2.34. The molecule has 0 spiro atoms. The number of guanidine groups is 1. The topological polar surface area (TPSA) is 83.6 Å². The summed E-state index contributed by atoms with van der Waals surface area (Å²) in [5.74, 6) is 1.01. The van der Waals surface area contributed by atoms with Crippen LogP contribution in [-0.2, 0) is 11.2 Å². The molecule has 1 fully saturated rings. The Morgan fingerprint density at radius 2 is 2.35 bits per heavy atom. The van der Waals surface area contributed by atoms with Crippen LogP contribution in [0.1, 0.15) is 25.0 Å². The highest BCUT2D eigenvalue weighted by molar-refractivity contribution is 14.0. The normalized spacial score (nSPS) is 18.2. The zero-order valence-corrected chi connectivity index (χ0v) is 15.9. The molecule has 3 N–H and O–H groups in total. The molecule has 0 bridgehead atoms. The maximum absolute atomic E-state index is 11.1. The Balaban J connectivity index is 0.00000264. The number of aromatic nitrogens is 1. The molecule has 0 aromatic carbocycles. The predicted molar refractivity (Wildman–Crippen MR) is 103 cm³/mol. The van der Waals surface area contributed by atoms with Gasteiger partial charge in [-0.2, -0.15) is 0 Å². The summed E-state index contributed by atoms with van der Waals surface area (Å²) in [6, 6.07) is 5.94. The Labute approximate surface area is 155 Å². The van der Waals surface area contributed by atoms with E-state index in [4.69, 9.17) is 5.73 Å². The van der Waals surface area contributed by atoms with Crippen LogP contribution in [0, 0.1) is 5.92 Å². The summed E-state index contributed by atoms with van der Waals surface area (Å²) in [4.78, 5) is 22.0. The van der Waals surface area contributed by atoms with E-state index in [0.717, 1.165) is 50.6 Å². The van der Waals surface area contributed by atoms with Crippen molar-refractivity contribution < 1.29 is 4.79 Å². The Hall–Kier alpha value is -1.38. The molecule has 2 heterocycles. The average molecular weight is 431 g/mol. The summed E-state index contributed by atoms with van der Waals surface area (Å²) in [5, 5.41) is 3.38. The highest BCUT2D eigenvalue weighted by Gasteiger charge is 2.23. The number of amides is 1. The van der Waals surface area contributed by atoms with Crippen molar-refractivity contribution in [3.05, 3.63) is 30.1 Å². The zero-order chi connectivity index (χ0) is 15.8. The first-order valence-electron chi connectivity index (χ1n) is 7.83. The van der Waals surface area contributed by atoms with Gasteiger partial charge in [-0.25, -0.2) is 0 Å². The van der Waals surface area contributed by atoms with Gasteiger partial charge in [0.2, 0.25) is 5.91 Å². The first kappa shape index (κ1) is 19.7. The lowest BCUT2D eigenvalue weighted by molar-refractivity contribution is -0.119. The molecule has 0 radical (unpaired) electrons. The predicted octanol–water partition coefficient (Wildman–Crippen LogP) is 1.40. The van der Waals surface area contributed by atoms with E-state index in [0.29, 0.717) is 12.3 Å². The minimum atomic E-state index is -0.218. The number of halogens is 1. The molecule has 1 unspecified atom stereocenters. The van der Waals surface area contributed by atoms with E-state index >= 15 is 0 Å². The molecule has 6 nitrogen and oxygen atoms in total. The quantitative estimate of drug-likeness (QED) is 0.420. The van der Waals surface area contributed by atoms with E-state index in [9.17, 15) is 4.79 Å². The maximum atomic E-state index is 11.1. The van der Waals surface area contributed by atoms with Crippen molar-refractivity contribution in [1.82, 2.24) is 15.2 Å². The van der Waals surface area contributed by atoms with Gasteiger partial charge in [0, 0.05) is 51.4 Å². The number of nitrogens with one attached hydrogen (secondary N) is 1. The molecule has 1 aliphatic heterocycles. The monoisotopic (exact) mass is 431 g/mol. The summed E-state index contributed by atoms with van der Waals surface area (Å²) in [6.07, 6.45) is 5.26. The number of aliphatic imine (C=N–C) groups is 1. The molecule has 0 aliphatic carbocycles. The van der Waals surface area contributed by atoms with E-state index in [1.165, 1.54) is 0 Å².